The fourth-order valence-electron chi connectivity index (χ4n) is 2.61. The van der Waals surface area contributed by atoms with E-state index >= 15 is 0 Å². The minimum absolute atomic E-state index is 0.00780. The quantitative estimate of drug-likeness (QED) is 0.448. The Kier molecular flexibility index (Phi) is 5.20. The summed E-state index contributed by atoms with van der Waals surface area (Å²) >= 11 is 0. The number of nitro benzene ring substituents is 1. The summed E-state index contributed by atoms with van der Waals surface area (Å²) in [6.45, 7) is -0.313. The Balaban J connectivity index is 1.72. The fourth-order valence-corrected chi connectivity index (χ4v) is 2.61. The number of rotatable bonds is 5. The molecule has 0 bridgehead atoms. The van der Waals surface area contributed by atoms with Crippen molar-refractivity contribution in [2.75, 3.05) is 25.2 Å². The molecule has 1 atom stereocenters. The molecule has 27 heavy (non-hydrogen) atoms. The molecule has 9 nitrogen and oxygen atoms in total. The molecule has 9 heteroatoms. The number of fused-ring (bicyclic) bond motifs is 1. The van der Waals surface area contributed by atoms with Gasteiger partial charge in [-0.2, -0.15) is 0 Å². The lowest BCUT2D eigenvalue weighted by molar-refractivity contribution is -0.384. The predicted molar refractivity (Wildman–Crippen MR) is 93.8 cm³/mol. The van der Waals surface area contributed by atoms with E-state index in [9.17, 15) is 19.7 Å². The van der Waals surface area contributed by atoms with E-state index in [0.717, 1.165) is 0 Å². The molecular formula is C18H16N2O7. The fraction of sp³-hybridized carbons (Fsp3) is 0.222. The Morgan fingerprint density at radius 3 is 2.59 bits per heavy atom. The standard InChI is InChI=1S/C18H16N2O7/c1-25-18(22)16-10-19(14-4-2-3-5-15(14)27-16)17(21)11-26-13-8-6-12(7-9-13)20(23)24/h2-9,16H,10-11H2,1H3. The number of carbonyl (C=O) groups excluding carboxylic acids is 2. The van der Waals surface area contributed by atoms with Gasteiger partial charge in [0.1, 0.15) is 11.5 Å². The summed E-state index contributed by atoms with van der Waals surface area (Å²) in [5.41, 5.74) is 0.451. The molecule has 140 valence electrons. The Hall–Kier alpha value is -3.62. The molecule has 1 unspecified atom stereocenters. The second-order valence-electron chi connectivity index (χ2n) is 5.64. The number of anilines is 1. The van der Waals surface area contributed by atoms with Gasteiger partial charge in [-0.15, -0.1) is 0 Å². The zero-order chi connectivity index (χ0) is 19.4. The first-order chi connectivity index (χ1) is 13.0. The van der Waals surface area contributed by atoms with Crippen LogP contribution in [0, 0.1) is 10.1 Å². The Bertz CT molecular complexity index is 866. The van der Waals surface area contributed by atoms with Crippen LogP contribution in [-0.4, -0.2) is 43.2 Å². The Morgan fingerprint density at radius 1 is 1.22 bits per heavy atom. The van der Waals surface area contributed by atoms with Crippen molar-refractivity contribution in [3.63, 3.8) is 0 Å². The van der Waals surface area contributed by atoms with E-state index in [0.29, 0.717) is 17.2 Å². The predicted octanol–water partition coefficient (Wildman–Crippen LogP) is 1.94. The first-order valence-electron chi connectivity index (χ1n) is 8.00. The third kappa shape index (κ3) is 3.97. The molecular weight excluding hydrogens is 356 g/mol. The van der Waals surface area contributed by atoms with Crippen LogP contribution in [0.2, 0.25) is 0 Å². The number of hydrogen-bond donors (Lipinski definition) is 0. The van der Waals surface area contributed by atoms with Gasteiger partial charge in [-0.1, -0.05) is 12.1 Å². The number of carbonyl (C=O) groups is 2. The number of nitro groups is 1. The number of non-ortho nitro benzene ring substituents is 1. The lowest BCUT2D eigenvalue weighted by atomic mass is 10.2. The molecule has 1 heterocycles. The minimum atomic E-state index is -0.937. The van der Waals surface area contributed by atoms with Crippen LogP contribution in [0.25, 0.3) is 0 Å². The first-order valence-corrected chi connectivity index (χ1v) is 8.00. The Morgan fingerprint density at radius 2 is 1.93 bits per heavy atom. The molecule has 0 aromatic heterocycles. The molecule has 0 aliphatic carbocycles. The molecule has 0 spiro atoms. The average Bonchev–Trinajstić information content (AvgIpc) is 2.70. The highest BCUT2D eigenvalue weighted by atomic mass is 16.6. The van der Waals surface area contributed by atoms with Gasteiger partial charge in [-0.25, -0.2) is 4.79 Å². The van der Waals surface area contributed by atoms with Crippen LogP contribution in [0.3, 0.4) is 0 Å². The number of nitrogens with zero attached hydrogens (tertiary/aromatic N) is 2. The van der Waals surface area contributed by atoms with E-state index < -0.39 is 22.9 Å². The van der Waals surface area contributed by atoms with E-state index in [-0.39, 0.29) is 18.8 Å². The van der Waals surface area contributed by atoms with Crippen LogP contribution in [0.15, 0.2) is 48.5 Å². The smallest absolute Gasteiger partial charge is 0.348 e. The summed E-state index contributed by atoms with van der Waals surface area (Å²) < 4.78 is 15.7. The molecule has 0 N–H and O–H groups in total. The number of hydrogen-bond acceptors (Lipinski definition) is 7. The second-order valence-corrected chi connectivity index (χ2v) is 5.64. The van der Waals surface area contributed by atoms with Crippen LogP contribution in [-0.2, 0) is 14.3 Å². The van der Waals surface area contributed by atoms with E-state index in [1.54, 1.807) is 24.3 Å². The second kappa shape index (κ2) is 7.73. The average molecular weight is 372 g/mol. The minimum Gasteiger partial charge on any atom is -0.484 e. The summed E-state index contributed by atoms with van der Waals surface area (Å²) in [6.07, 6.45) is -0.937. The zero-order valence-corrected chi connectivity index (χ0v) is 14.4. The number of esters is 1. The van der Waals surface area contributed by atoms with E-state index in [1.807, 2.05) is 0 Å². The van der Waals surface area contributed by atoms with Gasteiger partial charge in [0.15, 0.2) is 6.61 Å². The molecule has 1 aliphatic heterocycles. The topological polar surface area (TPSA) is 108 Å². The van der Waals surface area contributed by atoms with Gasteiger partial charge in [0.2, 0.25) is 6.10 Å². The molecule has 0 radical (unpaired) electrons. The van der Waals surface area contributed by atoms with Crippen LogP contribution in [0.4, 0.5) is 11.4 Å². The highest BCUT2D eigenvalue weighted by molar-refractivity contribution is 5.97. The summed E-state index contributed by atoms with van der Waals surface area (Å²) in [6, 6.07) is 12.2. The summed E-state index contributed by atoms with van der Waals surface area (Å²) in [5, 5.41) is 10.7. The van der Waals surface area contributed by atoms with Crippen LogP contribution < -0.4 is 14.4 Å². The van der Waals surface area contributed by atoms with Crippen LogP contribution >= 0.6 is 0 Å². The summed E-state index contributed by atoms with van der Waals surface area (Å²) in [5.74, 6) is -0.264. The molecule has 0 saturated carbocycles. The van der Waals surface area contributed by atoms with E-state index in [1.165, 1.54) is 36.3 Å². The van der Waals surface area contributed by atoms with Crippen molar-refractivity contribution in [1.29, 1.82) is 0 Å². The number of benzene rings is 2. The SMILES string of the molecule is COC(=O)C1CN(C(=O)COc2ccc([N+](=O)[O-])cc2)c2ccccc2O1. The lowest BCUT2D eigenvalue weighted by Crippen LogP contribution is -2.48. The van der Waals surface area contributed by atoms with Crippen molar-refractivity contribution in [2.45, 2.75) is 6.10 Å². The molecule has 2 aromatic carbocycles. The largest absolute Gasteiger partial charge is 0.484 e. The van der Waals surface area contributed by atoms with Gasteiger partial charge in [-0.3, -0.25) is 14.9 Å². The highest BCUT2D eigenvalue weighted by Crippen LogP contribution is 2.33. The first kappa shape index (κ1) is 18.2. The zero-order valence-electron chi connectivity index (χ0n) is 14.4. The van der Waals surface area contributed by atoms with Crippen molar-refractivity contribution in [3.05, 3.63) is 58.6 Å². The van der Waals surface area contributed by atoms with E-state index in [2.05, 4.69) is 0 Å². The Labute approximate surface area is 154 Å². The number of amides is 1. The van der Waals surface area contributed by atoms with Crippen molar-refractivity contribution in [3.8, 4) is 11.5 Å². The van der Waals surface area contributed by atoms with Gasteiger partial charge in [0, 0.05) is 12.1 Å². The van der Waals surface area contributed by atoms with Gasteiger partial charge in [0.25, 0.3) is 11.6 Å². The molecule has 3 rings (SSSR count). The van der Waals surface area contributed by atoms with Crippen molar-refractivity contribution in [1.82, 2.24) is 0 Å². The van der Waals surface area contributed by atoms with Crippen molar-refractivity contribution >= 4 is 23.3 Å². The third-order valence-corrected chi connectivity index (χ3v) is 3.95. The molecule has 1 aliphatic rings. The number of ether oxygens (including phenoxy) is 3. The molecule has 1 amide bonds. The monoisotopic (exact) mass is 372 g/mol. The molecule has 2 aromatic rings. The van der Waals surface area contributed by atoms with Gasteiger partial charge in [-0.05, 0) is 24.3 Å². The lowest BCUT2D eigenvalue weighted by Gasteiger charge is -2.33. The van der Waals surface area contributed by atoms with Crippen LogP contribution in [0.5, 0.6) is 11.5 Å². The number of para-hydroxylation sites is 2. The normalized spacial score (nSPS) is 15.3. The maximum atomic E-state index is 12.7. The summed E-state index contributed by atoms with van der Waals surface area (Å²) in [7, 11) is 1.25. The van der Waals surface area contributed by atoms with Crippen molar-refractivity contribution < 1.29 is 28.7 Å². The van der Waals surface area contributed by atoms with Gasteiger partial charge >= 0.3 is 5.97 Å². The van der Waals surface area contributed by atoms with E-state index in [4.69, 9.17) is 14.2 Å². The summed E-state index contributed by atoms with van der Waals surface area (Å²) in [4.78, 5) is 36.0. The molecule has 0 fully saturated rings. The van der Waals surface area contributed by atoms with Gasteiger partial charge in [0.05, 0.1) is 24.3 Å². The van der Waals surface area contributed by atoms with Crippen LogP contribution in [0.1, 0.15) is 0 Å². The maximum absolute atomic E-state index is 12.7. The van der Waals surface area contributed by atoms with Crippen molar-refractivity contribution in [2.24, 2.45) is 0 Å². The third-order valence-electron chi connectivity index (χ3n) is 3.95. The maximum Gasteiger partial charge on any atom is 0.348 e. The number of methoxy groups -OCH3 is 1. The molecule has 0 saturated heterocycles. The van der Waals surface area contributed by atoms with Gasteiger partial charge < -0.3 is 19.1 Å². The highest BCUT2D eigenvalue weighted by Gasteiger charge is 2.34.